The third-order valence-electron chi connectivity index (χ3n) is 2.27. The highest BCUT2D eigenvalue weighted by molar-refractivity contribution is 5.24. The molecule has 4 heteroatoms. The van der Waals surface area contributed by atoms with Gasteiger partial charge in [-0.1, -0.05) is 0 Å². The number of ether oxygens (including phenoxy) is 1. The van der Waals surface area contributed by atoms with Gasteiger partial charge in [-0.2, -0.15) is 0 Å². The minimum atomic E-state index is -0.0880. The maximum Gasteiger partial charge on any atom is 0.115 e. The first kappa shape index (κ1) is 9.30. The molecule has 1 aromatic heterocycles. The first-order valence-corrected chi connectivity index (χ1v) is 4.65. The van der Waals surface area contributed by atoms with Gasteiger partial charge in [0.05, 0.1) is 12.9 Å². The van der Waals surface area contributed by atoms with Crippen molar-refractivity contribution in [3.05, 3.63) is 35.5 Å². The Morgan fingerprint density at radius 3 is 2.93 bits per heavy atom. The van der Waals surface area contributed by atoms with E-state index < -0.39 is 0 Å². The second kappa shape index (κ2) is 3.86. The molecule has 1 unspecified atom stereocenters. The molecule has 0 saturated carbocycles. The predicted octanol–water partition coefficient (Wildman–Crippen LogP) is 1.40. The zero-order valence-corrected chi connectivity index (χ0v) is 8.12. The Hall–Kier alpha value is -1.26. The van der Waals surface area contributed by atoms with Gasteiger partial charge in [0.15, 0.2) is 0 Å². The summed E-state index contributed by atoms with van der Waals surface area (Å²) in [5, 5.41) is 0. The minimum Gasteiger partial charge on any atom is -0.496 e. The van der Waals surface area contributed by atoms with E-state index in [2.05, 4.69) is 5.43 Å². The first-order valence-electron chi connectivity index (χ1n) is 4.65. The Morgan fingerprint density at radius 2 is 2.43 bits per heavy atom. The second-order valence-corrected chi connectivity index (χ2v) is 3.33. The third kappa shape index (κ3) is 1.66. The molecule has 0 amide bonds. The summed E-state index contributed by atoms with van der Waals surface area (Å²) in [5.74, 6) is 7.24. The minimum absolute atomic E-state index is 0.0880. The summed E-state index contributed by atoms with van der Waals surface area (Å²) in [5.41, 5.74) is 3.72. The Morgan fingerprint density at radius 1 is 1.57 bits per heavy atom. The van der Waals surface area contributed by atoms with Crippen molar-refractivity contribution in [1.82, 2.24) is 5.43 Å². The molecule has 2 heterocycles. The molecular formula is C10H14N2O2. The highest BCUT2D eigenvalue weighted by Gasteiger charge is 2.20. The smallest absolute Gasteiger partial charge is 0.115 e. The highest BCUT2D eigenvalue weighted by Crippen LogP contribution is 2.26. The summed E-state index contributed by atoms with van der Waals surface area (Å²) in [6.45, 7) is 2.64. The molecule has 1 aliphatic heterocycles. The van der Waals surface area contributed by atoms with Crippen molar-refractivity contribution in [3.63, 3.8) is 0 Å². The number of hydrogen-bond acceptors (Lipinski definition) is 4. The van der Waals surface area contributed by atoms with E-state index in [1.54, 1.807) is 6.26 Å². The molecular weight excluding hydrogens is 180 g/mol. The SMILES string of the molecule is Cc1cc(C(NN)C2=CCCO2)co1. The van der Waals surface area contributed by atoms with Gasteiger partial charge < -0.3 is 9.15 Å². The summed E-state index contributed by atoms with van der Waals surface area (Å²) in [4.78, 5) is 0. The number of rotatable bonds is 3. The molecule has 3 N–H and O–H groups in total. The Labute approximate surface area is 82.7 Å². The topological polar surface area (TPSA) is 60.4 Å². The fourth-order valence-electron chi connectivity index (χ4n) is 1.60. The van der Waals surface area contributed by atoms with Crippen molar-refractivity contribution >= 4 is 0 Å². The van der Waals surface area contributed by atoms with Crippen molar-refractivity contribution in [2.75, 3.05) is 6.61 Å². The van der Waals surface area contributed by atoms with E-state index in [4.69, 9.17) is 15.0 Å². The summed E-state index contributed by atoms with van der Waals surface area (Å²) >= 11 is 0. The fourth-order valence-corrected chi connectivity index (χ4v) is 1.60. The van der Waals surface area contributed by atoms with Crippen molar-refractivity contribution < 1.29 is 9.15 Å². The van der Waals surface area contributed by atoms with Gasteiger partial charge in [-0.3, -0.25) is 5.84 Å². The summed E-state index contributed by atoms with van der Waals surface area (Å²) in [6.07, 6.45) is 4.69. The second-order valence-electron chi connectivity index (χ2n) is 3.33. The molecule has 0 radical (unpaired) electrons. The average molecular weight is 194 g/mol. The van der Waals surface area contributed by atoms with Crippen LogP contribution in [0.2, 0.25) is 0 Å². The Bertz CT molecular complexity index is 344. The monoisotopic (exact) mass is 194 g/mol. The molecule has 0 aliphatic carbocycles. The molecule has 14 heavy (non-hydrogen) atoms. The number of nitrogens with two attached hydrogens (primary N) is 1. The lowest BCUT2D eigenvalue weighted by atomic mass is 10.1. The molecule has 0 saturated heterocycles. The van der Waals surface area contributed by atoms with Crippen LogP contribution < -0.4 is 11.3 Å². The van der Waals surface area contributed by atoms with E-state index in [9.17, 15) is 0 Å². The van der Waals surface area contributed by atoms with E-state index >= 15 is 0 Å². The zero-order chi connectivity index (χ0) is 9.97. The van der Waals surface area contributed by atoms with Crippen LogP contribution in [0.4, 0.5) is 0 Å². The lowest BCUT2D eigenvalue weighted by Crippen LogP contribution is -2.29. The van der Waals surface area contributed by atoms with Crippen LogP contribution in [0.3, 0.4) is 0 Å². The van der Waals surface area contributed by atoms with Crippen LogP contribution >= 0.6 is 0 Å². The van der Waals surface area contributed by atoms with Crippen LogP contribution in [-0.4, -0.2) is 6.61 Å². The van der Waals surface area contributed by atoms with Crippen molar-refractivity contribution in [2.24, 2.45) is 5.84 Å². The van der Waals surface area contributed by atoms with Crippen LogP contribution in [0, 0.1) is 6.92 Å². The predicted molar refractivity (Wildman–Crippen MR) is 52.2 cm³/mol. The normalized spacial score (nSPS) is 17.7. The van der Waals surface area contributed by atoms with E-state index in [1.807, 2.05) is 19.1 Å². The van der Waals surface area contributed by atoms with Gasteiger partial charge in [0, 0.05) is 12.0 Å². The molecule has 0 fully saturated rings. The standard InChI is InChI=1S/C10H14N2O2/c1-7-5-8(6-14-7)10(12-11)9-3-2-4-13-9/h3,5-6,10,12H,2,4,11H2,1H3. The van der Waals surface area contributed by atoms with Gasteiger partial charge in [0.1, 0.15) is 17.6 Å². The zero-order valence-electron chi connectivity index (χ0n) is 8.12. The lowest BCUT2D eigenvalue weighted by Gasteiger charge is -2.14. The first-order chi connectivity index (χ1) is 6.81. The van der Waals surface area contributed by atoms with Crippen molar-refractivity contribution in [1.29, 1.82) is 0 Å². The van der Waals surface area contributed by atoms with E-state index in [0.29, 0.717) is 0 Å². The van der Waals surface area contributed by atoms with Gasteiger partial charge in [0.2, 0.25) is 0 Å². The Kier molecular flexibility index (Phi) is 2.56. The number of hydrazine groups is 1. The molecule has 0 bridgehead atoms. The van der Waals surface area contributed by atoms with Gasteiger partial charge in [-0.15, -0.1) is 0 Å². The average Bonchev–Trinajstić information content (AvgIpc) is 2.79. The Balaban J connectivity index is 2.20. The molecule has 0 aromatic carbocycles. The summed E-state index contributed by atoms with van der Waals surface area (Å²) in [7, 11) is 0. The molecule has 1 atom stereocenters. The van der Waals surface area contributed by atoms with Crippen LogP contribution in [0.15, 0.2) is 28.6 Å². The van der Waals surface area contributed by atoms with Crippen LogP contribution in [0.5, 0.6) is 0 Å². The maximum absolute atomic E-state index is 5.48. The van der Waals surface area contributed by atoms with Gasteiger partial charge in [0.25, 0.3) is 0 Å². The van der Waals surface area contributed by atoms with Crippen molar-refractivity contribution in [3.8, 4) is 0 Å². The molecule has 2 rings (SSSR count). The highest BCUT2D eigenvalue weighted by atomic mass is 16.5. The van der Waals surface area contributed by atoms with E-state index in [1.165, 1.54) is 0 Å². The van der Waals surface area contributed by atoms with Gasteiger partial charge in [-0.25, -0.2) is 5.43 Å². The summed E-state index contributed by atoms with van der Waals surface area (Å²) in [6, 6.07) is 1.86. The maximum atomic E-state index is 5.48. The van der Waals surface area contributed by atoms with Gasteiger partial charge in [-0.05, 0) is 19.1 Å². The number of nitrogens with one attached hydrogen (secondary N) is 1. The summed E-state index contributed by atoms with van der Waals surface area (Å²) < 4.78 is 10.7. The molecule has 1 aliphatic rings. The molecule has 76 valence electrons. The number of furan rings is 1. The third-order valence-corrected chi connectivity index (χ3v) is 2.27. The van der Waals surface area contributed by atoms with Crippen LogP contribution in [-0.2, 0) is 4.74 Å². The molecule has 1 aromatic rings. The number of hydrogen-bond donors (Lipinski definition) is 2. The van der Waals surface area contributed by atoms with Crippen LogP contribution in [0.1, 0.15) is 23.8 Å². The largest absolute Gasteiger partial charge is 0.496 e. The molecule has 4 nitrogen and oxygen atoms in total. The quantitative estimate of drug-likeness (QED) is 0.564. The van der Waals surface area contributed by atoms with E-state index in [-0.39, 0.29) is 6.04 Å². The van der Waals surface area contributed by atoms with Gasteiger partial charge >= 0.3 is 0 Å². The van der Waals surface area contributed by atoms with Crippen molar-refractivity contribution in [2.45, 2.75) is 19.4 Å². The molecule has 0 spiro atoms. The fraction of sp³-hybridized carbons (Fsp3) is 0.400. The van der Waals surface area contributed by atoms with Crippen LogP contribution in [0.25, 0.3) is 0 Å². The number of aryl methyl sites for hydroxylation is 1. The lowest BCUT2D eigenvalue weighted by molar-refractivity contribution is 0.215. The van der Waals surface area contributed by atoms with E-state index in [0.717, 1.165) is 30.1 Å².